The summed E-state index contributed by atoms with van der Waals surface area (Å²) in [4.78, 5) is 16.2. The second-order valence-electron chi connectivity index (χ2n) is 6.25. The van der Waals surface area contributed by atoms with E-state index in [1.54, 1.807) is 42.2 Å². The molecule has 2 aromatic heterocycles. The minimum atomic E-state index is -2.86. The summed E-state index contributed by atoms with van der Waals surface area (Å²) in [6, 6.07) is 6.74. The molecule has 0 unspecified atom stereocenters. The lowest BCUT2D eigenvalue weighted by Crippen LogP contribution is -2.28. The minimum absolute atomic E-state index is 0.0851. The molecule has 0 atom stereocenters. The molecule has 0 bridgehead atoms. The topological polar surface area (TPSA) is 89.3 Å². The fourth-order valence-electron chi connectivity index (χ4n) is 2.91. The van der Waals surface area contributed by atoms with Crippen LogP contribution in [0.4, 0.5) is 8.78 Å². The molecule has 0 fully saturated rings. The van der Waals surface area contributed by atoms with Gasteiger partial charge in [0, 0.05) is 24.3 Å². The van der Waals surface area contributed by atoms with E-state index in [4.69, 9.17) is 5.11 Å². The Bertz CT molecular complexity index is 975. The maximum absolute atomic E-state index is 12.4. The highest BCUT2D eigenvalue weighted by Gasteiger charge is 2.12. The Morgan fingerprint density at radius 2 is 2.18 bits per heavy atom. The van der Waals surface area contributed by atoms with Crippen molar-refractivity contribution in [1.29, 1.82) is 0 Å². The normalized spacial score (nSPS) is 11.2. The van der Waals surface area contributed by atoms with Crippen molar-refractivity contribution < 1.29 is 23.4 Å². The van der Waals surface area contributed by atoms with Crippen LogP contribution < -0.4 is 10.1 Å². The average Bonchev–Trinajstić information content (AvgIpc) is 3.05. The summed E-state index contributed by atoms with van der Waals surface area (Å²) in [6.07, 6.45) is 3.48. The van der Waals surface area contributed by atoms with Gasteiger partial charge in [-0.3, -0.25) is 14.5 Å². The van der Waals surface area contributed by atoms with E-state index in [9.17, 15) is 13.6 Å². The van der Waals surface area contributed by atoms with Crippen molar-refractivity contribution in [1.82, 2.24) is 20.1 Å². The number of halogens is 2. The largest absolute Gasteiger partial charge is 0.435 e. The van der Waals surface area contributed by atoms with E-state index in [0.717, 1.165) is 10.9 Å². The predicted octanol–water partition coefficient (Wildman–Crippen LogP) is 2.04. The highest BCUT2D eigenvalue weighted by Crippen LogP contribution is 2.22. The molecule has 1 amide bonds. The number of amides is 1. The van der Waals surface area contributed by atoms with Gasteiger partial charge in [-0.25, -0.2) is 0 Å². The fraction of sp³-hybridized carbons (Fsp3) is 0.316. The second-order valence-corrected chi connectivity index (χ2v) is 6.25. The lowest BCUT2D eigenvalue weighted by Gasteiger charge is -2.09. The fourth-order valence-corrected chi connectivity index (χ4v) is 2.91. The monoisotopic (exact) mass is 390 g/mol. The maximum Gasteiger partial charge on any atom is 0.387 e. The zero-order valence-corrected chi connectivity index (χ0v) is 15.2. The zero-order chi connectivity index (χ0) is 20.1. The van der Waals surface area contributed by atoms with Crippen molar-refractivity contribution >= 4 is 16.8 Å². The van der Waals surface area contributed by atoms with Gasteiger partial charge in [0.2, 0.25) is 5.91 Å². The molecule has 0 radical (unpaired) electrons. The van der Waals surface area contributed by atoms with E-state index in [1.807, 2.05) is 0 Å². The molecule has 3 aromatic rings. The number of carbonyl (C=O) groups is 1. The summed E-state index contributed by atoms with van der Waals surface area (Å²) in [5, 5.41) is 16.6. The second kappa shape index (κ2) is 8.75. The Kier molecular flexibility index (Phi) is 6.15. The van der Waals surface area contributed by atoms with Gasteiger partial charge < -0.3 is 15.2 Å². The molecule has 1 aromatic carbocycles. The third-order valence-electron chi connectivity index (χ3n) is 4.13. The molecule has 9 heteroatoms. The van der Waals surface area contributed by atoms with E-state index in [1.165, 1.54) is 6.07 Å². The van der Waals surface area contributed by atoms with Gasteiger partial charge in [0.25, 0.3) is 0 Å². The molecular weight excluding hydrogens is 370 g/mol. The Morgan fingerprint density at radius 3 is 2.89 bits per heavy atom. The number of hydrogen-bond donors (Lipinski definition) is 2. The summed E-state index contributed by atoms with van der Waals surface area (Å²) in [5.74, 6) is -0.0863. The summed E-state index contributed by atoms with van der Waals surface area (Å²) < 4.78 is 30.9. The van der Waals surface area contributed by atoms with Crippen LogP contribution in [0.25, 0.3) is 10.9 Å². The van der Waals surface area contributed by atoms with E-state index < -0.39 is 6.61 Å². The minimum Gasteiger partial charge on any atom is -0.435 e. The molecule has 0 saturated carbocycles. The zero-order valence-electron chi connectivity index (χ0n) is 15.2. The van der Waals surface area contributed by atoms with Crippen molar-refractivity contribution in [2.75, 3.05) is 13.2 Å². The number of rotatable bonds is 8. The number of alkyl halides is 2. The Balaban J connectivity index is 1.78. The number of ether oxygens (including phenoxy) is 1. The van der Waals surface area contributed by atoms with E-state index in [-0.39, 0.29) is 31.2 Å². The summed E-state index contributed by atoms with van der Waals surface area (Å²) >= 11 is 0. The van der Waals surface area contributed by atoms with Crippen molar-refractivity contribution in [3.05, 3.63) is 53.5 Å². The van der Waals surface area contributed by atoms with Crippen molar-refractivity contribution in [3.63, 3.8) is 0 Å². The first-order chi connectivity index (χ1) is 13.5. The van der Waals surface area contributed by atoms with Crippen molar-refractivity contribution in [2.24, 2.45) is 0 Å². The Hall–Kier alpha value is -3.07. The van der Waals surface area contributed by atoms with Gasteiger partial charge in [0.15, 0.2) is 0 Å². The molecule has 2 heterocycles. The lowest BCUT2D eigenvalue weighted by molar-refractivity contribution is -0.120. The molecule has 148 valence electrons. The molecule has 3 rings (SSSR count). The highest BCUT2D eigenvalue weighted by atomic mass is 19.3. The first-order valence-corrected chi connectivity index (χ1v) is 8.69. The number of fused-ring (bicyclic) bond motifs is 1. The lowest BCUT2D eigenvalue weighted by atomic mass is 10.1. The Labute approximate surface area is 160 Å². The number of pyridine rings is 1. The number of nitrogens with one attached hydrogen (secondary N) is 1. The number of aliphatic hydroxyl groups is 1. The van der Waals surface area contributed by atoms with E-state index >= 15 is 0 Å². The molecule has 28 heavy (non-hydrogen) atoms. The number of aromatic nitrogens is 3. The summed E-state index contributed by atoms with van der Waals surface area (Å²) in [6.45, 7) is -0.656. The number of aryl methyl sites for hydroxylation is 1. The summed E-state index contributed by atoms with van der Waals surface area (Å²) in [7, 11) is 0. The standard InChI is InChI=1S/C19H20F2N4O3/c1-12-8-13(2-3-17(12)28-19(20)21)10-25-11-14-15(24-25)4-5-22-16(14)9-18(27)23-6-7-26/h2-5,8,11,19,26H,6-7,9-10H2,1H3,(H,23,27). The first kappa shape index (κ1) is 19.7. The maximum atomic E-state index is 12.4. The molecule has 0 aliphatic rings. The third-order valence-corrected chi connectivity index (χ3v) is 4.13. The predicted molar refractivity (Wildman–Crippen MR) is 98.2 cm³/mol. The van der Waals surface area contributed by atoms with Gasteiger partial charge in [0.05, 0.1) is 30.8 Å². The SMILES string of the molecule is Cc1cc(Cn2cc3c(CC(=O)NCCO)nccc3n2)ccc1OC(F)F. The van der Waals surface area contributed by atoms with Crippen molar-refractivity contribution in [2.45, 2.75) is 26.5 Å². The summed E-state index contributed by atoms with van der Waals surface area (Å²) in [5.41, 5.74) is 2.78. The number of carbonyl (C=O) groups excluding carboxylic acids is 1. The van der Waals surface area contributed by atoms with Gasteiger partial charge in [-0.1, -0.05) is 12.1 Å². The third kappa shape index (κ3) is 4.80. The molecule has 0 saturated heterocycles. The molecule has 2 N–H and O–H groups in total. The molecule has 7 nitrogen and oxygen atoms in total. The van der Waals surface area contributed by atoms with Gasteiger partial charge >= 0.3 is 6.61 Å². The number of benzene rings is 1. The van der Waals surface area contributed by atoms with Crippen LogP contribution in [0.15, 0.2) is 36.7 Å². The van der Waals surface area contributed by atoms with Crippen LogP contribution in [-0.4, -0.2) is 45.5 Å². The smallest absolute Gasteiger partial charge is 0.387 e. The first-order valence-electron chi connectivity index (χ1n) is 8.69. The highest BCUT2D eigenvalue weighted by molar-refractivity contribution is 5.86. The molecule has 0 aliphatic heterocycles. The van der Waals surface area contributed by atoms with E-state index in [2.05, 4.69) is 20.1 Å². The van der Waals surface area contributed by atoms with E-state index in [0.29, 0.717) is 23.3 Å². The van der Waals surface area contributed by atoms with Crippen LogP contribution in [0, 0.1) is 6.92 Å². The van der Waals surface area contributed by atoms with Crippen LogP contribution >= 0.6 is 0 Å². The molecular formula is C19H20F2N4O3. The molecule has 0 spiro atoms. The van der Waals surface area contributed by atoms with Crippen LogP contribution in [0.1, 0.15) is 16.8 Å². The number of hydrogen-bond acceptors (Lipinski definition) is 5. The molecule has 0 aliphatic carbocycles. The average molecular weight is 390 g/mol. The van der Waals surface area contributed by atoms with Gasteiger partial charge in [0.1, 0.15) is 5.75 Å². The quantitative estimate of drug-likeness (QED) is 0.615. The Morgan fingerprint density at radius 1 is 1.36 bits per heavy atom. The van der Waals surface area contributed by atoms with Crippen molar-refractivity contribution in [3.8, 4) is 5.75 Å². The van der Waals surface area contributed by atoms with Crippen LogP contribution in [0.3, 0.4) is 0 Å². The number of aliphatic hydroxyl groups excluding tert-OH is 1. The number of nitrogens with zero attached hydrogens (tertiary/aromatic N) is 3. The van der Waals surface area contributed by atoms with Gasteiger partial charge in [-0.15, -0.1) is 0 Å². The van der Waals surface area contributed by atoms with Crippen LogP contribution in [0.2, 0.25) is 0 Å². The van der Waals surface area contributed by atoms with Crippen LogP contribution in [0.5, 0.6) is 5.75 Å². The van der Waals surface area contributed by atoms with Gasteiger partial charge in [-0.05, 0) is 30.2 Å². The van der Waals surface area contributed by atoms with Gasteiger partial charge in [-0.2, -0.15) is 13.9 Å². The van der Waals surface area contributed by atoms with Crippen LogP contribution in [-0.2, 0) is 17.8 Å².